The first kappa shape index (κ1) is 19.2. The van der Waals surface area contributed by atoms with Gasteiger partial charge in [0.05, 0.1) is 26.9 Å². The molecule has 5 nitrogen and oxygen atoms in total. The Hall–Kier alpha value is -3.09. The van der Waals surface area contributed by atoms with E-state index in [4.69, 9.17) is 14.2 Å². The molecule has 0 aliphatic carbocycles. The van der Waals surface area contributed by atoms with Gasteiger partial charge in [-0.05, 0) is 42.0 Å². The Balaban J connectivity index is 2.25. The number of allylic oxidation sites excluding steroid dienone is 1. The predicted octanol–water partition coefficient (Wildman–Crippen LogP) is 4.21. The summed E-state index contributed by atoms with van der Waals surface area (Å²) in [5, 5.41) is 0. The molecule has 0 N–H and O–H groups in total. The van der Waals surface area contributed by atoms with Gasteiger partial charge in [0.25, 0.3) is 0 Å². The van der Waals surface area contributed by atoms with Crippen molar-refractivity contribution in [1.82, 2.24) is 0 Å². The Kier molecular flexibility index (Phi) is 6.54. The first-order valence-corrected chi connectivity index (χ1v) is 7.55. The van der Waals surface area contributed by atoms with Crippen molar-refractivity contribution in [3.05, 3.63) is 53.6 Å². The molecular formula is C19H18F2O5. The lowest BCUT2D eigenvalue weighted by Crippen LogP contribution is -2.03. The molecule has 0 aliphatic rings. The first-order valence-electron chi connectivity index (χ1n) is 7.55. The summed E-state index contributed by atoms with van der Waals surface area (Å²) in [5.74, 6) is 0.698. The number of benzene rings is 2. The monoisotopic (exact) mass is 364 g/mol. The van der Waals surface area contributed by atoms with Gasteiger partial charge in [-0.1, -0.05) is 12.1 Å². The van der Waals surface area contributed by atoms with E-state index in [9.17, 15) is 13.6 Å². The van der Waals surface area contributed by atoms with Crippen LogP contribution < -0.4 is 18.9 Å². The number of ketones is 1. The van der Waals surface area contributed by atoms with Crippen LogP contribution in [0.5, 0.6) is 23.0 Å². The second-order valence-electron chi connectivity index (χ2n) is 5.05. The average molecular weight is 364 g/mol. The molecule has 0 heterocycles. The molecule has 0 saturated carbocycles. The molecule has 0 radical (unpaired) electrons. The van der Waals surface area contributed by atoms with Crippen LogP contribution in [0.3, 0.4) is 0 Å². The summed E-state index contributed by atoms with van der Waals surface area (Å²) in [6.07, 6.45) is 2.88. The van der Waals surface area contributed by atoms with E-state index in [1.54, 1.807) is 18.2 Å². The van der Waals surface area contributed by atoms with Crippen LogP contribution in [0.2, 0.25) is 0 Å². The number of methoxy groups -OCH3 is 3. The third kappa shape index (κ3) is 4.72. The summed E-state index contributed by atoms with van der Waals surface area (Å²) >= 11 is 0. The molecule has 0 atom stereocenters. The fourth-order valence-corrected chi connectivity index (χ4v) is 2.25. The van der Waals surface area contributed by atoms with Crippen molar-refractivity contribution in [2.75, 3.05) is 21.3 Å². The fraction of sp³-hybridized carbons (Fsp3) is 0.211. The molecule has 7 heteroatoms. The van der Waals surface area contributed by atoms with Crippen molar-refractivity contribution in [1.29, 1.82) is 0 Å². The summed E-state index contributed by atoms with van der Waals surface area (Å²) in [5.41, 5.74) is 0.923. The van der Waals surface area contributed by atoms with Crippen LogP contribution in [0.4, 0.5) is 8.78 Å². The van der Waals surface area contributed by atoms with Crippen molar-refractivity contribution in [2.24, 2.45) is 0 Å². The molecule has 2 aromatic rings. The molecule has 0 fully saturated rings. The van der Waals surface area contributed by atoms with E-state index < -0.39 is 6.61 Å². The maximum absolute atomic E-state index is 12.5. The minimum absolute atomic E-state index is 0.0829. The van der Waals surface area contributed by atoms with Crippen LogP contribution >= 0.6 is 0 Å². The summed E-state index contributed by atoms with van der Waals surface area (Å²) in [7, 11) is 4.31. The second-order valence-corrected chi connectivity index (χ2v) is 5.05. The molecule has 26 heavy (non-hydrogen) atoms. The Morgan fingerprint density at radius 3 is 2.23 bits per heavy atom. The molecule has 0 unspecified atom stereocenters. The Bertz CT molecular complexity index is 803. The number of halogens is 2. The normalized spacial score (nSPS) is 10.8. The van der Waals surface area contributed by atoms with E-state index in [0.29, 0.717) is 22.6 Å². The lowest BCUT2D eigenvalue weighted by Gasteiger charge is -2.10. The molecule has 0 aromatic heterocycles. The number of ether oxygens (including phenoxy) is 4. The molecule has 0 amide bonds. The quantitative estimate of drug-likeness (QED) is 0.519. The summed E-state index contributed by atoms with van der Waals surface area (Å²) in [4.78, 5) is 12.5. The van der Waals surface area contributed by atoms with Crippen molar-refractivity contribution in [2.45, 2.75) is 6.61 Å². The number of hydrogen-bond donors (Lipinski definition) is 0. The van der Waals surface area contributed by atoms with Crippen molar-refractivity contribution in [3.63, 3.8) is 0 Å². The highest BCUT2D eigenvalue weighted by Crippen LogP contribution is 2.30. The van der Waals surface area contributed by atoms with Crippen molar-refractivity contribution >= 4 is 11.9 Å². The zero-order valence-electron chi connectivity index (χ0n) is 14.5. The highest BCUT2D eigenvalue weighted by atomic mass is 19.3. The van der Waals surface area contributed by atoms with Gasteiger partial charge in [0.1, 0.15) is 11.5 Å². The minimum Gasteiger partial charge on any atom is -0.497 e. The number of carbonyl (C=O) groups excluding carboxylic acids is 1. The van der Waals surface area contributed by atoms with E-state index in [2.05, 4.69) is 4.74 Å². The standard InChI is InChI=1S/C19H18F2O5/c1-23-13-6-9-16(24-2)14(11-13)15(22)7-4-12-5-8-17(26-19(20)21)18(10-12)25-3/h4-11,19H,1-3H3/b7-4+. The Morgan fingerprint density at radius 1 is 0.923 bits per heavy atom. The highest BCUT2D eigenvalue weighted by molar-refractivity contribution is 6.08. The Morgan fingerprint density at radius 2 is 1.62 bits per heavy atom. The summed E-state index contributed by atoms with van der Waals surface area (Å²) in [6.45, 7) is -2.95. The van der Waals surface area contributed by atoms with Gasteiger partial charge in [0, 0.05) is 0 Å². The predicted molar refractivity (Wildman–Crippen MR) is 92.5 cm³/mol. The molecule has 0 spiro atoms. The van der Waals surface area contributed by atoms with E-state index in [1.165, 1.54) is 51.7 Å². The largest absolute Gasteiger partial charge is 0.497 e. The third-order valence-electron chi connectivity index (χ3n) is 3.50. The highest BCUT2D eigenvalue weighted by Gasteiger charge is 2.12. The van der Waals surface area contributed by atoms with E-state index in [0.717, 1.165) is 0 Å². The first-order chi connectivity index (χ1) is 12.5. The zero-order chi connectivity index (χ0) is 19.1. The van der Waals surface area contributed by atoms with Crippen LogP contribution in [-0.2, 0) is 0 Å². The number of hydrogen-bond acceptors (Lipinski definition) is 5. The third-order valence-corrected chi connectivity index (χ3v) is 3.50. The average Bonchev–Trinajstić information content (AvgIpc) is 2.65. The number of alkyl halides is 2. The molecule has 138 valence electrons. The van der Waals surface area contributed by atoms with Gasteiger partial charge in [0.15, 0.2) is 17.3 Å². The van der Waals surface area contributed by atoms with Crippen LogP contribution in [0.15, 0.2) is 42.5 Å². The van der Waals surface area contributed by atoms with Gasteiger partial charge in [-0.3, -0.25) is 4.79 Å². The molecule has 0 aliphatic heterocycles. The molecular weight excluding hydrogens is 346 g/mol. The van der Waals surface area contributed by atoms with E-state index in [1.807, 2.05) is 0 Å². The second kappa shape index (κ2) is 8.84. The lowest BCUT2D eigenvalue weighted by atomic mass is 10.1. The van der Waals surface area contributed by atoms with Crippen molar-refractivity contribution < 1.29 is 32.5 Å². The van der Waals surface area contributed by atoms with Gasteiger partial charge in [0.2, 0.25) is 0 Å². The summed E-state index contributed by atoms with van der Waals surface area (Å²) in [6, 6.07) is 9.27. The topological polar surface area (TPSA) is 54.0 Å². The maximum Gasteiger partial charge on any atom is 0.387 e. The van der Waals surface area contributed by atoms with Crippen molar-refractivity contribution in [3.8, 4) is 23.0 Å². The van der Waals surface area contributed by atoms with Crippen LogP contribution in [-0.4, -0.2) is 33.7 Å². The van der Waals surface area contributed by atoms with Gasteiger partial charge >= 0.3 is 6.61 Å². The SMILES string of the molecule is COc1ccc(OC)c(C(=O)/C=C/c2ccc(OC(F)F)c(OC)c2)c1. The Labute approximate surface area is 149 Å². The molecule has 0 saturated heterocycles. The van der Waals surface area contributed by atoms with Gasteiger partial charge in [-0.15, -0.1) is 0 Å². The minimum atomic E-state index is -2.95. The molecule has 0 bridgehead atoms. The van der Waals surface area contributed by atoms with E-state index >= 15 is 0 Å². The van der Waals surface area contributed by atoms with Gasteiger partial charge in [-0.2, -0.15) is 8.78 Å². The summed E-state index contributed by atoms with van der Waals surface area (Å²) < 4.78 is 44.4. The zero-order valence-corrected chi connectivity index (χ0v) is 14.5. The van der Waals surface area contributed by atoms with Gasteiger partial charge < -0.3 is 18.9 Å². The maximum atomic E-state index is 12.5. The molecule has 2 aromatic carbocycles. The van der Waals surface area contributed by atoms with Crippen LogP contribution in [0.25, 0.3) is 6.08 Å². The van der Waals surface area contributed by atoms with Crippen LogP contribution in [0.1, 0.15) is 15.9 Å². The number of carbonyl (C=O) groups is 1. The smallest absolute Gasteiger partial charge is 0.387 e. The van der Waals surface area contributed by atoms with E-state index in [-0.39, 0.29) is 17.3 Å². The van der Waals surface area contributed by atoms with Gasteiger partial charge in [-0.25, -0.2) is 0 Å². The fourth-order valence-electron chi connectivity index (χ4n) is 2.25. The van der Waals surface area contributed by atoms with Crippen LogP contribution in [0, 0.1) is 0 Å². The lowest BCUT2D eigenvalue weighted by molar-refractivity contribution is -0.0512. The molecule has 2 rings (SSSR count). The number of rotatable bonds is 8.